The van der Waals surface area contributed by atoms with E-state index in [1.54, 1.807) is 17.5 Å². The van der Waals surface area contributed by atoms with Crippen molar-refractivity contribution in [3.8, 4) is 0 Å². The third-order valence-corrected chi connectivity index (χ3v) is 4.96. The van der Waals surface area contributed by atoms with E-state index in [4.69, 9.17) is 0 Å². The Labute approximate surface area is 132 Å². The molecule has 2 aromatic carbocycles. The third kappa shape index (κ3) is 2.31. The van der Waals surface area contributed by atoms with Gasteiger partial charge >= 0.3 is 0 Å². The number of aromatic nitrogens is 2. The molecule has 0 aliphatic carbocycles. The molecule has 22 heavy (non-hydrogen) atoms. The van der Waals surface area contributed by atoms with E-state index in [-0.39, 0.29) is 0 Å². The second kappa shape index (κ2) is 5.39. The highest BCUT2D eigenvalue weighted by Crippen LogP contribution is 2.28. The summed E-state index contributed by atoms with van der Waals surface area (Å²) < 4.78 is 2.02. The van der Waals surface area contributed by atoms with E-state index in [2.05, 4.69) is 29.2 Å². The van der Waals surface area contributed by atoms with E-state index in [0.717, 1.165) is 38.2 Å². The van der Waals surface area contributed by atoms with Crippen LogP contribution >= 0.6 is 11.3 Å². The van der Waals surface area contributed by atoms with Crippen LogP contribution in [0.3, 0.4) is 0 Å². The van der Waals surface area contributed by atoms with Gasteiger partial charge in [0.05, 0.1) is 15.1 Å². The van der Waals surface area contributed by atoms with Crippen LogP contribution in [0.15, 0.2) is 60.8 Å². The number of nitrogens with zero attached hydrogens (tertiary/aromatic N) is 2. The zero-order valence-corrected chi connectivity index (χ0v) is 12.7. The Morgan fingerprint density at radius 1 is 0.955 bits per heavy atom. The molecule has 0 saturated carbocycles. The molecule has 0 amide bonds. The molecule has 0 radical (unpaired) electrons. The minimum absolute atomic E-state index is 0.702. The van der Waals surface area contributed by atoms with Gasteiger partial charge in [-0.1, -0.05) is 42.5 Å². The van der Waals surface area contributed by atoms with Crippen LogP contribution in [0.1, 0.15) is 10.6 Å². The fraction of sp³-hybridized carbons (Fsp3) is 0.111. The molecule has 0 fully saturated rings. The Kier molecular flexibility index (Phi) is 3.24. The minimum Gasteiger partial charge on any atom is -0.618 e. The van der Waals surface area contributed by atoms with Gasteiger partial charge in [-0.25, -0.2) is 4.98 Å². The number of aryl methyl sites for hydroxylation is 2. The van der Waals surface area contributed by atoms with Crippen molar-refractivity contribution in [1.29, 1.82) is 0 Å². The first-order chi connectivity index (χ1) is 10.8. The zero-order chi connectivity index (χ0) is 14.9. The predicted molar refractivity (Wildman–Crippen MR) is 89.9 cm³/mol. The maximum Gasteiger partial charge on any atom is 0.225 e. The Morgan fingerprint density at radius 2 is 1.73 bits per heavy atom. The lowest BCUT2D eigenvalue weighted by atomic mass is 10.1. The summed E-state index contributed by atoms with van der Waals surface area (Å²) >= 11 is 1.69. The van der Waals surface area contributed by atoms with E-state index in [1.807, 2.05) is 30.3 Å². The maximum absolute atomic E-state index is 12.1. The van der Waals surface area contributed by atoms with Crippen LogP contribution in [0.2, 0.25) is 0 Å². The van der Waals surface area contributed by atoms with Gasteiger partial charge in [0, 0.05) is 12.5 Å². The summed E-state index contributed by atoms with van der Waals surface area (Å²) in [7, 11) is 0. The first kappa shape index (κ1) is 13.2. The standard InChI is InChI=1S/C18H14N2OS/c21-20-12-15-18(14-8-4-5-9-16(14)20)22-17(19-15)11-10-13-6-2-1-3-7-13/h1-9,12H,10-11H2. The average Bonchev–Trinajstić information content (AvgIpc) is 2.97. The molecule has 0 atom stereocenters. The van der Waals surface area contributed by atoms with Gasteiger partial charge in [0.15, 0.2) is 0 Å². The maximum atomic E-state index is 12.1. The van der Waals surface area contributed by atoms with Gasteiger partial charge < -0.3 is 5.21 Å². The number of thiazole rings is 1. The summed E-state index contributed by atoms with van der Waals surface area (Å²) in [5, 5.41) is 14.1. The molecule has 4 aromatic rings. The highest BCUT2D eigenvalue weighted by Gasteiger charge is 2.13. The quantitative estimate of drug-likeness (QED) is 0.426. The van der Waals surface area contributed by atoms with Gasteiger partial charge in [0.2, 0.25) is 11.7 Å². The monoisotopic (exact) mass is 306 g/mol. The molecule has 108 valence electrons. The number of para-hydroxylation sites is 1. The van der Waals surface area contributed by atoms with Crippen LogP contribution in [-0.2, 0) is 12.8 Å². The SMILES string of the molecule is [O-][n+]1cc2nc(CCc3ccccc3)sc2c2ccccc21. The third-order valence-electron chi connectivity index (χ3n) is 3.79. The van der Waals surface area contributed by atoms with Crippen LogP contribution in [0.5, 0.6) is 0 Å². The Balaban J connectivity index is 1.73. The van der Waals surface area contributed by atoms with Gasteiger partial charge in [-0.15, -0.1) is 11.3 Å². The van der Waals surface area contributed by atoms with E-state index in [1.165, 1.54) is 5.56 Å². The van der Waals surface area contributed by atoms with Crippen LogP contribution < -0.4 is 4.73 Å². The molecule has 4 heteroatoms. The van der Waals surface area contributed by atoms with Gasteiger partial charge in [-0.3, -0.25) is 0 Å². The molecule has 0 unspecified atom stereocenters. The van der Waals surface area contributed by atoms with E-state index < -0.39 is 0 Å². The summed E-state index contributed by atoms with van der Waals surface area (Å²) in [5.74, 6) is 0. The van der Waals surface area contributed by atoms with Gasteiger partial charge in [0.25, 0.3) is 0 Å². The normalized spacial score (nSPS) is 11.3. The summed E-state index contributed by atoms with van der Waals surface area (Å²) in [4.78, 5) is 4.64. The number of rotatable bonds is 3. The molecular weight excluding hydrogens is 292 g/mol. The molecule has 0 aliphatic rings. The van der Waals surface area contributed by atoms with Gasteiger partial charge in [0.1, 0.15) is 5.52 Å². The molecule has 3 nitrogen and oxygen atoms in total. The van der Waals surface area contributed by atoms with Crippen LogP contribution in [0, 0.1) is 5.21 Å². The molecular formula is C18H14N2OS. The zero-order valence-electron chi connectivity index (χ0n) is 11.9. The lowest BCUT2D eigenvalue weighted by Gasteiger charge is -2.00. The molecule has 0 saturated heterocycles. The number of hydrogen-bond donors (Lipinski definition) is 0. The number of benzene rings is 2. The van der Waals surface area contributed by atoms with Gasteiger partial charge in [-0.2, -0.15) is 4.73 Å². The van der Waals surface area contributed by atoms with Crippen molar-refractivity contribution in [3.05, 3.63) is 76.6 Å². The Bertz CT molecular complexity index is 947. The molecule has 0 spiro atoms. The highest BCUT2D eigenvalue weighted by molar-refractivity contribution is 7.19. The highest BCUT2D eigenvalue weighted by atomic mass is 32.1. The Hall–Kier alpha value is -2.46. The summed E-state index contributed by atoms with van der Waals surface area (Å²) in [5.41, 5.74) is 2.81. The van der Waals surface area contributed by atoms with Crippen molar-refractivity contribution in [1.82, 2.24) is 4.98 Å². The lowest BCUT2D eigenvalue weighted by molar-refractivity contribution is -0.575. The summed E-state index contributed by atoms with van der Waals surface area (Å²) in [6.45, 7) is 0. The van der Waals surface area contributed by atoms with E-state index >= 15 is 0 Å². The average molecular weight is 306 g/mol. The van der Waals surface area contributed by atoms with Crippen molar-refractivity contribution < 1.29 is 4.73 Å². The largest absolute Gasteiger partial charge is 0.618 e. The lowest BCUT2D eigenvalue weighted by Crippen LogP contribution is -2.26. The van der Waals surface area contributed by atoms with Crippen molar-refractivity contribution in [3.63, 3.8) is 0 Å². The van der Waals surface area contributed by atoms with Crippen molar-refractivity contribution >= 4 is 32.5 Å². The number of hydrogen-bond acceptors (Lipinski definition) is 3. The molecule has 0 bridgehead atoms. The van der Waals surface area contributed by atoms with Crippen molar-refractivity contribution in [2.75, 3.05) is 0 Å². The Morgan fingerprint density at radius 3 is 2.59 bits per heavy atom. The number of pyridine rings is 1. The smallest absolute Gasteiger partial charge is 0.225 e. The van der Waals surface area contributed by atoms with Crippen molar-refractivity contribution in [2.45, 2.75) is 12.8 Å². The molecule has 4 rings (SSSR count). The second-order valence-electron chi connectivity index (χ2n) is 5.28. The van der Waals surface area contributed by atoms with Gasteiger partial charge in [-0.05, 0) is 18.1 Å². The molecule has 0 N–H and O–H groups in total. The first-order valence-electron chi connectivity index (χ1n) is 7.25. The van der Waals surface area contributed by atoms with E-state index in [9.17, 15) is 5.21 Å². The van der Waals surface area contributed by atoms with E-state index in [0.29, 0.717) is 5.52 Å². The predicted octanol–water partition coefficient (Wildman–Crippen LogP) is 3.87. The summed E-state index contributed by atoms with van der Waals surface area (Å²) in [6.07, 6.45) is 3.45. The van der Waals surface area contributed by atoms with Crippen molar-refractivity contribution in [2.24, 2.45) is 0 Å². The van der Waals surface area contributed by atoms with Crippen LogP contribution in [-0.4, -0.2) is 4.98 Å². The molecule has 2 aromatic heterocycles. The molecule has 2 heterocycles. The topological polar surface area (TPSA) is 39.8 Å². The molecule has 0 aliphatic heterocycles. The van der Waals surface area contributed by atoms with Crippen LogP contribution in [0.4, 0.5) is 0 Å². The second-order valence-corrected chi connectivity index (χ2v) is 6.36. The fourth-order valence-electron chi connectivity index (χ4n) is 2.70. The summed E-state index contributed by atoms with van der Waals surface area (Å²) in [6, 6.07) is 18.1. The fourth-order valence-corrected chi connectivity index (χ4v) is 3.77. The van der Waals surface area contributed by atoms with Crippen LogP contribution in [0.25, 0.3) is 21.1 Å². The number of fused-ring (bicyclic) bond motifs is 3. The minimum atomic E-state index is 0.702. The first-order valence-corrected chi connectivity index (χ1v) is 8.07.